The van der Waals surface area contributed by atoms with E-state index in [1.165, 1.54) is 27.8 Å². The molecule has 0 aliphatic heterocycles. The van der Waals surface area contributed by atoms with Crippen LogP contribution in [-0.4, -0.2) is 26.3 Å². The van der Waals surface area contributed by atoms with Gasteiger partial charge < -0.3 is 15.4 Å². The first-order valence-corrected chi connectivity index (χ1v) is 10.6. The second-order valence-corrected chi connectivity index (χ2v) is 7.53. The van der Waals surface area contributed by atoms with Gasteiger partial charge in [0, 0.05) is 31.0 Å². The Labute approximate surface area is 183 Å². The predicted octanol–water partition coefficient (Wildman–Crippen LogP) is 4.69. The summed E-state index contributed by atoms with van der Waals surface area (Å²) < 4.78 is 5.54. The average molecular weight is 411 g/mol. The van der Waals surface area contributed by atoms with Crippen molar-refractivity contribution in [3.8, 4) is 23.0 Å². The Kier molecular flexibility index (Phi) is 6.66. The van der Waals surface area contributed by atoms with E-state index < -0.39 is 6.09 Å². The zero-order valence-electron chi connectivity index (χ0n) is 17.7. The van der Waals surface area contributed by atoms with Crippen molar-refractivity contribution in [2.24, 2.45) is 0 Å². The summed E-state index contributed by atoms with van der Waals surface area (Å²) in [6.07, 6.45) is 0.169. The van der Waals surface area contributed by atoms with Crippen LogP contribution in [0.1, 0.15) is 34.6 Å². The Morgan fingerprint density at radius 1 is 0.935 bits per heavy atom. The van der Waals surface area contributed by atoms with Crippen LogP contribution in [0.5, 0.6) is 0 Å². The second-order valence-electron chi connectivity index (χ2n) is 7.53. The highest BCUT2D eigenvalue weighted by atomic mass is 16.5. The first kappa shape index (κ1) is 20.7. The summed E-state index contributed by atoms with van der Waals surface area (Å²) in [5.74, 6) is 6.29. The van der Waals surface area contributed by atoms with Gasteiger partial charge in [0.2, 0.25) is 0 Å². The van der Waals surface area contributed by atoms with Gasteiger partial charge in [0.15, 0.2) is 0 Å². The molecule has 0 heterocycles. The van der Waals surface area contributed by atoms with Gasteiger partial charge in [-0.15, -0.1) is 0 Å². The topological polar surface area (TPSA) is 50.4 Å². The van der Waals surface area contributed by atoms with Crippen molar-refractivity contribution >= 4 is 6.09 Å². The van der Waals surface area contributed by atoms with Crippen LogP contribution in [0.2, 0.25) is 0 Å². The Bertz CT molecular complexity index is 1060. The molecule has 0 fully saturated rings. The molecule has 1 aliphatic carbocycles. The van der Waals surface area contributed by atoms with E-state index >= 15 is 0 Å². The highest BCUT2D eigenvalue weighted by Gasteiger charge is 2.28. The largest absolute Gasteiger partial charge is 0.449 e. The first-order chi connectivity index (χ1) is 15.3. The molecule has 3 aromatic carbocycles. The average Bonchev–Trinajstić information content (AvgIpc) is 3.12. The third kappa shape index (κ3) is 4.96. The third-order valence-corrected chi connectivity index (χ3v) is 5.43. The maximum Gasteiger partial charge on any atom is 0.407 e. The van der Waals surface area contributed by atoms with Crippen molar-refractivity contribution in [2.45, 2.75) is 18.9 Å². The predicted molar refractivity (Wildman–Crippen MR) is 124 cm³/mol. The molecule has 0 atom stereocenters. The van der Waals surface area contributed by atoms with Gasteiger partial charge in [-0.25, -0.2) is 4.79 Å². The third-order valence-electron chi connectivity index (χ3n) is 5.43. The van der Waals surface area contributed by atoms with E-state index in [9.17, 15) is 4.79 Å². The number of carbonyl (C=O) groups is 1. The number of nitrogens with one attached hydrogen (secondary N) is 2. The monoisotopic (exact) mass is 410 g/mol. The number of hydrogen-bond acceptors (Lipinski definition) is 3. The number of rotatable bonds is 6. The fourth-order valence-corrected chi connectivity index (χ4v) is 3.95. The van der Waals surface area contributed by atoms with Crippen molar-refractivity contribution < 1.29 is 9.53 Å². The Morgan fingerprint density at radius 2 is 1.58 bits per heavy atom. The van der Waals surface area contributed by atoms with Crippen LogP contribution < -0.4 is 10.6 Å². The van der Waals surface area contributed by atoms with Crippen molar-refractivity contribution in [2.75, 3.05) is 20.2 Å². The van der Waals surface area contributed by atoms with Crippen molar-refractivity contribution in [3.05, 3.63) is 95.1 Å². The van der Waals surface area contributed by atoms with Crippen LogP contribution in [0.25, 0.3) is 11.1 Å². The van der Waals surface area contributed by atoms with Gasteiger partial charge >= 0.3 is 6.09 Å². The van der Waals surface area contributed by atoms with Crippen LogP contribution in [0, 0.1) is 11.8 Å². The molecule has 31 heavy (non-hydrogen) atoms. The fraction of sp³-hybridized carbons (Fsp3) is 0.222. The minimum absolute atomic E-state index is 0.0730. The van der Waals surface area contributed by atoms with E-state index in [1.54, 1.807) is 0 Å². The molecule has 0 aromatic heterocycles. The minimum Gasteiger partial charge on any atom is -0.449 e. The number of amides is 1. The summed E-state index contributed by atoms with van der Waals surface area (Å²) in [5.41, 5.74) is 7.07. The van der Waals surface area contributed by atoms with Crippen LogP contribution in [0.3, 0.4) is 0 Å². The Morgan fingerprint density at radius 3 is 2.23 bits per heavy atom. The quantitative estimate of drug-likeness (QED) is 0.458. The van der Waals surface area contributed by atoms with Crippen LogP contribution >= 0.6 is 0 Å². The highest BCUT2D eigenvalue weighted by Crippen LogP contribution is 2.44. The molecule has 0 spiro atoms. The summed E-state index contributed by atoms with van der Waals surface area (Å²) in [5, 5.41) is 5.92. The smallest absolute Gasteiger partial charge is 0.407 e. The van der Waals surface area contributed by atoms with Crippen LogP contribution in [0.4, 0.5) is 4.79 Å². The zero-order valence-corrected chi connectivity index (χ0v) is 17.7. The Balaban J connectivity index is 1.25. The molecular weight excluding hydrogens is 384 g/mol. The molecule has 4 nitrogen and oxygen atoms in total. The summed E-state index contributed by atoms with van der Waals surface area (Å²) in [4.78, 5) is 12.2. The van der Waals surface area contributed by atoms with Crippen molar-refractivity contribution in [3.63, 3.8) is 0 Å². The summed E-state index contributed by atoms with van der Waals surface area (Å²) in [6, 6.07) is 24.8. The van der Waals surface area contributed by atoms with Gasteiger partial charge in [-0.2, -0.15) is 0 Å². The van der Waals surface area contributed by atoms with Gasteiger partial charge in [0.1, 0.15) is 6.61 Å². The van der Waals surface area contributed by atoms with Crippen LogP contribution in [-0.2, 0) is 11.3 Å². The van der Waals surface area contributed by atoms with Crippen molar-refractivity contribution in [1.82, 2.24) is 10.6 Å². The molecule has 156 valence electrons. The number of ether oxygens (including phenoxy) is 1. The highest BCUT2D eigenvalue weighted by molar-refractivity contribution is 5.79. The molecule has 1 aliphatic rings. The van der Waals surface area contributed by atoms with E-state index in [1.807, 2.05) is 43.4 Å². The second kappa shape index (κ2) is 9.97. The number of alkyl carbamates (subject to hydrolysis) is 1. The fourth-order valence-electron chi connectivity index (χ4n) is 3.95. The number of benzene rings is 3. The molecule has 0 saturated heterocycles. The molecule has 3 aromatic rings. The molecule has 0 radical (unpaired) electrons. The molecule has 4 heteroatoms. The molecule has 0 bridgehead atoms. The molecule has 4 rings (SSSR count). The molecule has 2 N–H and O–H groups in total. The number of fused-ring (bicyclic) bond motifs is 3. The van der Waals surface area contributed by atoms with Gasteiger partial charge in [-0.3, -0.25) is 0 Å². The van der Waals surface area contributed by atoms with E-state index in [4.69, 9.17) is 4.74 Å². The van der Waals surface area contributed by atoms with E-state index in [0.29, 0.717) is 19.6 Å². The van der Waals surface area contributed by atoms with E-state index in [2.05, 4.69) is 58.9 Å². The lowest BCUT2D eigenvalue weighted by Gasteiger charge is -2.14. The van der Waals surface area contributed by atoms with E-state index in [0.717, 1.165) is 12.1 Å². The lowest BCUT2D eigenvalue weighted by molar-refractivity contribution is 0.143. The zero-order chi connectivity index (χ0) is 21.5. The normalized spacial score (nSPS) is 11.8. The maximum atomic E-state index is 12.2. The molecule has 0 saturated carbocycles. The SMILES string of the molecule is CNCc1ccc(C#CCCNC(=O)OCC2c3ccccc3-c3ccccc32)cc1. The summed E-state index contributed by atoms with van der Waals surface area (Å²) in [7, 11) is 1.93. The van der Waals surface area contributed by atoms with Crippen molar-refractivity contribution in [1.29, 1.82) is 0 Å². The van der Waals surface area contributed by atoms with Gasteiger partial charge in [-0.05, 0) is 47.0 Å². The number of carbonyl (C=O) groups excluding carboxylic acids is 1. The summed E-state index contributed by atoms with van der Waals surface area (Å²) in [6.45, 7) is 1.63. The number of hydrogen-bond donors (Lipinski definition) is 2. The van der Waals surface area contributed by atoms with Gasteiger partial charge in [0.25, 0.3) is 0 Å². The molecule has 0 unspecified atom stereocenters. The van der Waals surface area contributed by atoms with Gasteiger partial charge in [-0.1, -0.05) is 72.5 Å². The molecule has 1 amide bonds. The summed E-state index contributed by atoms with van der Waals surface area (Å²) >= 11 is 0. The molecular formula is C27H26N2O2. The van der Waals surface area contributed by atoms with Gasteiger partial charge in [0.05, 0.1) is 0 Å². The Hall–Kier alpha value is -3.55. The first-order valence-electron chi connectivity index (χ1n) is 10.6. The minimum atomic E-state index is -0.403. The standard InChI is InChI=1S/C27H26N2O2/c1-28-18-21-15-13-20(14-16-21)8-6-7-17-29-27(30)31-19-26-24-11-4-2-9-22(24)23-10-3-5-12-25(23)26/h2-5,9-16,26,28H,7,17-19H2,1H3,(H,29,30). The maximum absolute atomic E-state index is 12.2. The lowest BCUT2D eigenvalue weighted by atomic mass is 9.98. The van der Waals surface area contributed by atoms with E-state index in [-0.39, 0.29) is 5.92 Å². The lowest BCUT2D eigenvalue weighted by Crippen LogP contribution is -2.26. The van der Waals surface area contributed by atoms with Crippen LogP contribution in [0.15, 0.2) is 72.8 Å².